The van der Waals surface area contributed by atoms with Gasteiger partial charge in [-0.25, -0.2) is 4.79 Å². The number of hydrogen-bond donors (Lipinski definition) is 1. The van der Waals surface area contributed by atoms with Crippen LogP contribution in [0, 0.1) is 11.8 Å². The molecule has 0 aliphatic carbocycles. The summed E-state index contributed by atoms with van der Waals surface area (Å²) in [5, 5.41) is 2.85. The lowest BCUT2D eigenvalue weighted by Gasteiger charge is -2.47. The third kappa shape index (κ3) is 2.70. The van der Waals surface area contributed by atoms with Crippen LogP contribution >= 0.6 is 0 Å². The molecular weight excluding hydrogens is 302 g/mol. The smallest absolute Gasteiger partial charge is 0.409 e. The maximum Gasteiger partial charge on any atom is 0.409 e. The Morgan fingerprint density at radius 2 is 1.83 bits per heavy atom. The largest absolute Gasteiger partial charge is 0.462 e. The van der Waals surface area contributed by atoms with E-state index in [-0.39, 0.29) is 42.2 Å². The predicted octanol–water partition coefficient (Wildman–Crippen LogP) is 1.59. The zero-order valence-corrected chi connectivity index (χ0v) is 14.4. The van der Waals surface area contributed by atoms with E-state index in [2.05, 4.69) is 5.32 Å². The van der Waals surface area contributed by atoms with Crippen LogP contribution in [0.1, 0.15) is 41.5 Å². The average molecular weight is 327 g/mol. The Morgan fingerprint density at radius 1 is 1.17 bits per heavy atom. The Hall–Kier alpha value is -1.34. The van der Waals surface area contributed by atoms with Crippen molar-refractivity contribution >= 4 is 12.1 Å². The van der Waals surface area contributed by atoms with Gasteiger partial charge in [-0.15, -0.1) is 0 Å². The van der Waals surface area contributed by atoms with Gasteiger partial charge in [0.05, 0.1) is 6.10 Å². The van der Waals surface area contributed by atoms with E-state index in [0.717, 1.165) is 0 Å². The summed E-state index contributed by atoms with van der Waals surface area (Å²) in [6.45, 7) is 10.7. The van der Waals surface area contributed by atoms with E-state index in [9.17, 15) is 9.59 Å². The molecule has 0 aromatic heterocycles. The van der Waals surface area contributed by atoms with E-state index in [1.54, 1.807) is 20.8 Å². The summed E-state index contributed by atoms with van der Waals surface area (Å²) in [5.74, 6) is -0.584. The molecule has 0 aromatic carbocycles. The van der Waals surface area contributed by atoms with Crippen LogP contribution in [0.5, 0.6) is 0 Å². The van der Waals surface area contributed by atoms with Gasteiger partial charge < -0.3 is 18.9 Å². The molecule has 23 heavy (non-hydrogen) atoms. The van der Waals surface area contributed by atoms with E-state index in [1.165, 1.54) is 6.92 Å². The number of ether oxygens (including phenoxy) is 4. The quantitative estimate of drug-likeness (QED) is 0.612. The van der Waals surface area contributed by atoms with Crippen molar-refractivity contribution in [3.8, 4) is 0 Å². The van der Waals surface area contributed by atoms with E-state index >= 15 is 0 Å². The van der Waals surface area contributed by atoms with Crippen molar-refractivity contribution in [3.63, 3.8) is 0 Å². The third-order valence-electron chi connectivity index (χ3n) is 4.81. The fourth-order valence-corrected chi connectivity index (χ4v) is 3.82. The van der Waals surface area contributed by atoms with Crippen molar-refractivity contribution in [2.24, 2.45) is 11.8 Å². The number of fused-ring (bicyclic) bond motifs is 5. The highest BCUT2D eigenvalue weighted by molar-refractivity contribution is 5.69. The van der Waals surface area contributed by atoms with Crippen molar-refractivity contribution in [1.29, 1.82) is 0 Å². The van der Waals surface area contributed by atoms with Gasteiger partial charge in [0, 0.05) is 18.8 Å². The van der Waals surface area contributed by atoms with Crippen molar-refractivity contribution in [3.05, 3.63) is 0 Å². The summed E-state index contributed by atoms with van der Waals surface area (Å²) in [4.78, 5) is 23.7. The van der Waals surface area contributed by atoms with Crippen LogP contribution in [-0.2, 0) is 23.7 Å². The monoisotopic (exact) mass is 327 g/mol. The van der Waals surface area contributed by atoms with E-state index in [0.29, 0.717) is 0 Å². The first-order chi connectivity index (χ1) is 10.5. The summed E-state index contributed by atoms with van der Waals surface area (Å²) in [6, 6.07) is 0. The minimum absolute atomic E-state index is 0.0000356. The average Bonchev–Trinajstić information content (AvgIpc) is 3.11. The zero-order chi connectivity index (χ0) is 17.2. The molecule has 0 aromatic rings. The number of nitrogens with one attached hydrogen (secondary N) is 1. The lowest BCUT2D eigenvalue weighted by molar-refractivity contribution is -0.238. The molecule has 3 aliphatic rings. The molecule has 0 radical (unpaired) electrons. The Bertz CT molecular complexity index is 529. The van der Waals surface area contributed by atoms with Crippen molar-refractivity contribution in [2.45, 2.75) is 77.3 Å². The molecule has 0 saturated carbocycles. The maximum atomic E-state index is 12.3. The van der Waals surface area contributed by atoms with Gasteiger partial charge in [0.25, 0.3) is 0 Å². The van der Waals surface area contributed by atoms with Crippen LogP contribution in [0.4, 0.5) is 4.79 Å². The number of carbonyl (C=O) groups excluding carboxylic acids is 2. The first kappa shape index (κ1) is 16.5. The summed E-state index contributed by atoms with van der Waals surface area (Å²) < 4.78 is 22.7. The normalized spacial score (nSPS) is 44.3. The van der Waals surface area contributed by atoms with E-state index in [4.69, 9.17) is 18.9 Å². The Morgan fingerprint density at radius 3 is 2.39 bits per heavy atom. The highest BCUT2D eigenvalue weighted by atomic mass is 16.7. The van der Waals surface area contributed by atoms with Crippen molar-refractivity contribution < 1.29 is 28.5 Å². The van der Waals surface area contributed by atoms with Crippen LogP contribution in [0.25, 0.3) is 0 Å². The molecule has 7 nitrogen and oxygen atoms in total. The maximum absolute atomic E-state index is 12.3. The molecule has 1 amide bonds. The molecule has 7 heteroatoms. The first-order valence-electron chi connectivity index (χ1n) is 8.07. The summed E-state index contributed by atoms with van der Waals surface area (Å²) >= 11 is 0. The Kier molecular flexibility index (Phi) is 3.65. The van der Waals surface area contributed by atoms with Crippen LogP contribution in [0.3, 0.4) is 0 Å². The number of esters is 1. The lowest BCUT2D eigenvalue weighted by atomic mass is 9.82. The van der Waals surface area contributed by atoms with Crippen LogP contribution < -0.4 is 5.32 Å². The minimum atomic E-state index is -1.01. The standard InChI is InChI=1S/C16H25NO6/c1-7-10(20-9(3)18)8(2)16(13-12(21-13)11(7)22-16)17-14(19)23-15(4,5)6/h7-8,10-13H,1-6H3,(H,17,19)/t7-,8-,10-,11-,12+,13+,16+/m0/s1. The molecular formula is C16H25NO6. The van der Waals surface area contributed by atoms with Gasteiger partial charge in [-0.1, -0.05) is 13.8 Å². The molecule has 0 unspecified atom stereocenters. The molecule has 3 rings (SSSR count). The summed E-state index contributed by atoms with van der Waals surface area (Å²) in [5.41, 5.74) is -1.62. The lowest BCUT2D eigenvalue weighted by Crippen LogP contribution is -2.65. The fourth-order valence-electron chi connectivity index (χ4n) is 3.82. The predicted molar refractivity (Wildman–Crippen MR) is 79.5 cm³/mol. The van der Waals surface area contributed by atoms with Gasteiger partial charge in [0.2, 0.25) is 0 Å². The molecule has 0 spiro atoms. The summed E-state index contributed by atoms with van der Waals surface area (Å²) in [7, 11) is 0. The van der Waals surface area contributed by atoms with E-state index in [1.807, 2.05) is 13.8 Å². The van der Waals surface area contributed by atoms with Crippen LogP contribution in [0.15, 0.2) is 0 Å². The van der Waals surface area contributed by atoms with Crippen LogP contribution in [0.2, 0.25) is 0 Å². The highest BCUT2D eigenvalue weighted by Gasteiger charge is 2.75. The van der Waals surface area contributed by atoms with Crippen molar-refractivity contribution in [2.75, 3.05) is 0 Å². The number of amides is 1. The summed E-state index contributed by atoms with van der Waals surface area (Å²) in [6.07, 6.45) is -1.38. The second kappa shape index (κ2) is 5.08. The number of epoxide rings is 1. The molecule has 3 heterocycles. The number of hydrogen-bond acceptors (Lipinski definition) is 6. The van der Waals surface area contributed by atoms with E-state index < -0.39 is 17.4 Å². The minimum Gasteiger partial charge on any atom is -0.462 e. The number of alkyl carbamates (subject to hydrolysis) is 1. The SMILES string of the molecule is CC(=O)O[C@H]1[C@H](C)[C@@H]2O[C@@](NC(=O)OC(C)(C)C)([C@@H]3O[C@H]23)[C@H]1C. The molecule has 130 valence electrons. The fraction of sp³-hybridized carbons (Fsp3) is 0.875. The van der Waals surface area contributed by atoms with Gasteiger partial charge in [-0.3, -0.25) is 10.1 Å². The topological polar surface area (TPSA) is 86.4 Å². The second-order valence-corrected chi connectivity index (χ2v) is 7.75. The van der Waals surface area contributed by atoms with Gasteiger partial charge in [-0.2, -0.15) is 0 Å². The molecule has 1 N–H and O–H groups in total. The Balaban J connectivity index is 1.82. The Labute approximate surface area is 136 Å². The molecule has 7 atom stereocenters. The molecule has 3 aliphatic heterocycles. The molecule has 3 fully saturated rings. The highest BCUT2D eigenvalue weighted by Crippen LogP contribution is 2.56. The molecule has 3 saturated heterocycles. The first-order valence-corrected chi connectivity index (χ1v) is 8.07. The zero-order valence-electron chi connectivity index (χ0n) is 14.4. The number of carbonyl (C=O) groups is 2. The van der Waals surface area contributed by atoms with Gasteiger partial charge >= 0.3 is 12.1 Å². The number of rotatable bonds is 2. The molecule has 2 bridgehead atoms. The van der Waals surface area contributed by atoms with Crippen molar-refractivity contribution in [1.82, 2.24) is 5.32 Å². The van der Waals surface area contributed by atoms with Gasteiger partial charge in [-0.05, 0) is 20.8 Å². The third-order valence-corrected chi connectivity index (χ3v) is 4.81. The van der Waals surface area contributed by atoms with Crippen LogP contribution in [-0.4, -0.2) is 47.8 Å². The second-order valence-electron chi connectivity index (χ2n) is 7.75. The van der Waals surface area contributed by atoms with Gasteiger partial charge in [0.15, 0.2) is 5.72 Å². The van der Waals surface area contributed by atoms with Gasteiger partial charge in [0.1, 0.15) is 23.9 Å².